The highest BCUT2D eigenvalue weighted by atomic mass is 32.2. The van der Waals surface area contributed by atoms with E-state index in [0.717, 1.165) is 44.9 Å². The first-order valence-electron chi connectivity index (χ1n) is 10.6. The third kappa shape index (κ3) is 5.44. The van der Waals surface area contributed by atoms with Crippen molar-refractivity contribution in [2.24, 2.45) is 0 Å². The van der Waals surface area contributed by atoms with E-state index < -0.39 is 10.0 Å². The summed E-state index contributed by atoms with van der Waals surface area (Å²) in [4.78, 5) is 12.7. The SMILES string of the molecule is COc1ccc(S(=O)(=O)N(CC(=O)NC[C@@H]2CCCO2)C2CCCCC2)cc1OC. The van der Waals surface area contributed by atoms with Crippen LogP contribution < -0.4 is 14.8 Å². The number of hydrogen-bond donors (Lipinski definition) is 1. The number of hydrogen-bond acceptors (Lipinski definition) is 6. The number of methoxy groups -OCH3 is 2. The van der Waals surface area contributed by atoms with Gasteiger partial charge in [0, 0.05) is 25.3 Å². The zero-order chi connectivity index (χ0) is 21.6. The topological polar surface area (TPSA) is 94.2 Å². The normalized spacial score (nSPS) is 20.3. The molecule has 8 nitrogen and oxygen atoms in total. The number of rotatable bonds is 9. The van der Waals surface area contributed by atoms with Gasteiger partial charge in [0.15, 0.2) is 11.5 Å². The molecule has 1 aliphatic carbocycles. The van der Waals surface area contributed by atoms with Crippen molar-refractivity contribution in [1.82, 2.24) is 9.62 Å². The summed E-state index contributed by atoms with van der Waals surface area (Å²) in [5.74, 6) is 0.486. The standard InChI is InChI=1S/C21H32N2O6S/c1-27-19-11-10-18(13-20(19)28-2)30(25,26)23(16-7-4-3-5-8-16)15-21(24)22-14-17-9-6-12-29-17/h10-11,13,16-17H,3-9,12,14-15H2,1-2H3,(H,22,24)/t17-/m0/s1. The van der Waals surface area contributed by atoms with Crippen LogP contribution >= 0.6 is 0 Å². The lowest BCUT2D eigenvalue weighted by Crippen LogP contribution is -2.47. The summed E-state index contributed by atoms with van der Waals surface area (Å²) in [6.45, 7) is 0.921. The average Bonchev–Trinajstić information content (AvgIpc) is 3.29. The van der Waals surface area contributed by atoms with Crippen molar-refractivity contribution in [3.63, 3.8) is 0 Å². The predicted octanol–water partition coefficient (Wildman–Crippen LogP) is 2.32. The van der Waals surface area contributed by atoms with E-state index in [1.165, 1.54) is 30.7 Å². The van der Waals surface area contributed by atoms with Gasteiger partial charge in [-0.15, -0.1) is 0 Å². The van der Waals surface area contributed by atoms with Crippen LogP contribution in [0, 0.1) is 0 Å². The van der Waals surface area contributed by atoms with Crippen LogP contribution in [0.5, 0.6) is 11.5 Å². The van der Waals surface area contributed by atoms with E-state index in [1.54, 1.807) is 6.07 Å². The monoisotopic (exact) mass is 440 g/mol. The molecule has 0 radical (unpaired) electrons. The lowest BCUT2D eigenvalue weighted by atomic mass is 9.95. The first kappa shape index (κ1) is 22.8. The quantitative estimate of drug-likeness (QED) is 0.633. The predicted molar refractivity (Wildman–Crippen MR) is 112 cm³/mol. The highest BCUT2D eigenvalue weighted by Gasteiger charge is 2.34. The van der Waals surface area contributed by atoms with Crippen LogP contribution in [0.25, 0.3) is 0 Å². The lowest BCUT2D eigenvalue weighted by Gasteiger charge is -2.33. The van der Waals surface area contributed by atoms with Gasteiger partial charge in [0.1, 0.15) is 0 Å². The van der Waals surface area contributed by atoms with Crippen molar-refractivity contribution in [2.75, 3.05) is 33.9 Å². The molecular formula is C21H32N2O6S. The molecule has 1 heterocycles. The third-order valence-corrected chi connectivity index (χ3v) is 7.69. The molecule has 30 heavy (non-hydrogen) atoms. The minimum atomic E-state index is -3.88. The summed E-state index contributed by atoms with van der Waals surface area (Å²) in [5.41, 5.74) is 0. The molecule has 1 N–H and O–H groups in total. The molecule has 1 aromatic rings. The fraction of sp³-hybridized carbons (Fsp3) is 0.667. The van der Waals surface area contributed by atoms with Crippen molar-refractivity contribution < 1.29 is 27.4 Å². The molecular weight excluding hydrogens is 408 g/mol. The van der Waals surface area contributed by atoms with Crippen molar-refractivity contribution in [1.29, 1.82) is 0 Å². The Morgan fingerprint density at radius 2 is 1.83 bits per heavy atom. The second-order valence-electron chi connectivity index (χ2n) is 7.80. The Hall–Kier alpha value is -1.84. The molecule has 2 fully saturated rings. The molecule has 3 rings (SSSR count). The number of amides is 1. The number of sulfonamides is 1. The molecule has 1 amide bonds. The number of benzene rings is 1. The summed E-state index contributed by atoms with van der Waals surface area (Å²) in [5, 5.41) is 2.84. The Bertz CT molecular complexity index is 817. The second kappa shape index (κ2) is 10.5. The number of ether oxygens (including phenoxy) is 3. The molecule has 1 saturated carbocycles. The zero-order valence-electron chi connectivity index (χ0n) is 17.8. The molecule has 1 aliphatic heterocycles. The van der Waals surface area contributed by atoms with E-state index in [2.05, 4.69) is 5.32 Å². The minimum absolute atomic E-state index is 0.0135. The molecule has 0 aromatic heterocycles. The van der Waals surface area contributed by atoms with E-state index >= 15 is 0 Å². The molecule has 0 unspecified atom stereocenters. The Labute approximate surface area is 178 Å². The number of carbonyl (C=O) groups is 1. The molecule has 0 bridgehead atoms. The van der Waals surface area contributed by atoms with Gasteiger partial charge in [-0.2, -0.15) is 4.31 Å². The van der Waals surface area contributed by atoms with Crippen LogP contribution in [0.2, 0.25) is 0 Å². The largest absolute Gasteiger partial charge is 0.493 e. The van der Waals surface area contributed by atoms with Crippen LogP contribution in [0.4, 0.5) is 0 Å². The van der Waals surface area contributed by atoms with E-state index in [9.17, 15) is 13.2 Å². The van der Waals surface area contributed by atoms with Crippen LogP contribution in [-0.4, -0.2) is 64.7 Å². The number of carbonyl (C=O) groups excluding carboxylic acids is 1. The molecule has 1 saturated heterocycles. The fourth-order valence-corrected chi connectivity index (χ4v) is 5.78. The Balaban J connectivity index is 1.80. The molecule has 2 aliphatic rings. The van der Waals surface area contributed by atoms with E-state index in [1.807, 2.05) is 0 Å². The Kier molecular flexibility index (Phi) is 7.96. The lowest BCUT2D eigenvalue weighted by molar-refractivity contribution is -0.122. The number of nitrogens with one attached hydrogen (secondary N) is 1. The van der Waals surface area contributed by atoms with Crippen molar-refractivity contribution in [3.05, 3.63) is 18.2 Å². The summed E-state index contributed by atoms with van der Waals surface area (Å²) in [7, 11) is -0.922. The van der Waals surface area contributed by atoms with Crippen molar-refractivity contribution in [3.8, 4) is 11.5 Å². The second-order valence-corrected chi connectivity index (χ2v) is 9.69. The smallest absolute Gasteiger partial charge is 0.243 e. The van der Waals surface area contributed by atoms with Gasteiger partial charge in [-0.3, -0.25) is 4.79 Å². The molecule has 0 spiro atoms. The maximum Gasteiger partial charge on any atom is 0.243 e. The van der Waals surface area contributed by atoms with E-state index in [4.69, 9.17) is 14.2 Å². The van der Waals surface area contributed by atoms with Crippen LogP contribution in [-0.2, 0) is 19.6 Å². The molecule has 9 heteroatoms. The van der Waals surface area contributed by atoms with Gasteiger partial charge in [-0.1, -0.05) is 19.3 Å². The maximum atomic E-state index is 13.5. The third-order valence-electron chi connectivity index (χ3n) is 5.79. The van der Waals surface area contributed by atoms with Crippen LogP contribution in [0.15, 0.2) is 23.1 Å². The van der Waals surface area contributed by atoms with E-state index in [0.29, 0.717) is 24.7 Å². The fourth-order valence-electron chi connectivity index (χ4n) is 4.12. The maximum absolute atomic E-state index is 13.5. The highest BCUT2D eigenvalue weighted by Crippen LogP contribution is 2.33. The summed E-state index contributed by atoms with van der Waals surface area (Å²) in [6.07, 6.45) is 6.43. The van der Waals surface area contributed by atoms with Gasteiger partial charge in [-0.25, -0.2) is 8.42 Å². The van der Waals surface area contributed by atoms with Gasteiger partial charge in [-0.05, 0) is 37.8 Å². The Morgan fingerprint density at radius 3 is 2.47 bits per heavy atom. The first-order chi connectivity index (χ1) is 14.5. The van der Waals surface area contributed by atoms with Gasteiger partial charge in [0.05, 0.1) is 31.8 Å². The zero-order valence-corrected chi connectivity index (χ0v) is 18.6. The van der Waals surface area contributed by atoms with E-state index in [-0.39, 0.29) is 29.5 Å². The summed E-state index contributed by atoms with van der Waals surface area (Å²) >= 11 is 0. The Morgan fingerprint density at radius 1 is 1.10 bits per heavy atom. The minimum Gasteiger partial charge on any atom is -0.493 e. The number of nitrogens with zero attached hydrogens (tertiary/aromatic N) is 1. The molecule has 1 aromatic carbocycles. The van der Waals surface area contributed by atoms with Crippen molar-refractivity contribution in [2.45, 2.75) is 62.0 Å². The molecule has 1 atom stereocenters. The highest BCUT2D eigenvalue weighted by molar-refractivity contribution is 7.89. The average molecular weight is 441 g/mol. The van der Waals surface area contributed by atoms with Crippen LogP contribution in [0.3, 0.4) is 0 Å². The van der Waals surface area contributed by atoms with Gasteiger partial charge >= 0.3 is 0 Å². The summed E-state index contributed by atoms with van der Waals surface area (Å²) < 4.78 is 44.4. The first-order valence-corrected chi connectivity index (χ1v) is 12.0. The van der Waals surface area contributed by atoms with Crippen molar-refractivity contribution >= 4 is 15.9 Å². The van der Waals surface area contributed by atoms with Crippen LogP contribution in [0.1, 0.15) is 44.9 Å². The summed E-state index contributed by atoms with van der Waals surface area (Å²) in [6, 6.07) is 4.33. The van der Waals surface area contributed by atoms with Gasteiger partial charge in [0.25, 0.3) is 0 Å². The molecule has 168 valence electrons. The van der Waals surface area contributed by atoms with Gasteiger partial charge < -0.3 is 19.5 Å². The van der Waals surface area contributed by atoms with Gasteiger partial charge in [0.2, 0.25) is 15.9 Å².